The van der Waals surface area contributed by atoms with Gasteiger partial charge >= 0.3 is 0 Å². The zero-order valence-corrected chi connectivity index (χ0v) is 11.0. The third-order valence-corrected chi connectivity index (χ3v) is 3.35. The maximum Gasteiger partial charge on any atom is 0.254 e. The highest BCUT2D eigenvalue weighted by molar-refractivity contribution is 5.95. The average Bonchev–Trinajstić information content (AvgIpc) is 3.17. The molecule has 3 rings (SSSR count). The molecule has 6 heteroatoms. The average molecular weight is 272 g/mol. The molecule has 0 radical (unpaired) electrons. The van der Waals surface area contributed by atoms with Crippen molar-refractivity contribution in [1.29, 1.82) is 0 Å². The first-order chi connectivity index (χ1) is 9.79. The van der Waals surface area contributed by atoms with Gasteiger partial charge in [-0.05, 0) is 25.0 Å². The van der Waals surface area contributed by atoms with Crippen LogP contribution in [0.1, 0.15) is 23.2 Å². The van der Waals surface area contributed by atoms with Gasteiger partial charge in [-0.3, -0.25) is 9.36 Å². The van der Waals surface area contributed by atoms with E-state index in [0.29, 0.717) is 17.9 Å². The number of carbonyl (C=O) groups is 1. The molecule has 0 aromatic carbocycles. The van der Waals surface area contributed by atoms with E-state index in [1.54, 1.807) is 46.5 Å². The highest BCUT2D eigenvalue weighted by atomic mass is 16.3. The van der Waals surface area contributed by atoms with Crippen LogP contribution >= 0.6 is 0 Å². The van der Waals surface area contributed by atoms with Gasteiger partial charge in [0.2, 0.25) is 0 Å². The van der Waals surface area contributed by atoms with Crippen LogP contribution in [0, 0.1) is 0 Å². The van der Waals surface area contributed by atoms with Gasteiger partial charge in [-0.15, -0.1) is 0 Å². The van der Waals surface area contributed by atoms with Crippen LogP contribution in [0.5, 0.6) is 0 Å². The second-order valence-electron chi connectivity index (χ2n) is 4.83. The fourth-order valence-electron chi connectivity index (χ4n) is 2.20. The highest BCUT2D eigenvalue weighted by Gasteiger charge is 2.32. The number of hydrogen-bond donors (Lipinski definition) is 1. The third kappa shape index (κ3) is 2.55. The molecule has 1 saturated carbocycles. The van der Waals surface area contributed by atoms with Crippen molar-refractivity contribution in [2.45, 2.75) is 18.9 Å². The van der Waals surface area contributed by atoms with E-state index in [0.717, 1.165) is 12.8 Å². The van der Waals surface area contributed by atoms with Crippen molar-refractivity contribution in [2.75, 3.05) is 13.2 Å². The van der Waals surface area contributed by atoms with E-state index < -0.39 is 0 Å². The molecule has 2 aromatic rings. The number of aromatic nitrogens is 3. The van der Waals surface area contributed by atoms with Crippen LogP contribution in [0.4, 0.5) is 0 Å². The largest absolute Gasteiger partial charge is 0.395 e. The molecule has 1 N–H and O–H groups in total. The molecule has 0 aliphatic heterocycles. The van der Waals surface area contributed by atoms with Gasteiger partial charge in [-0.1, -0.05) is 0 Å². The lowest BCUT2D eigenvalue weighted by Crippen LogP contribution is -2.35. The Balaban J connectivity index is 1.85. The summed E-state index contributed by atoms with van der Waals surface area (Å²) in [7, 11) is 0. The molecule has 1 fully saturated rings. The van der Waals surface area contributed by atoms with Crippen molar-refractivity contribution < 1.29 is 9.90 Å². The molecule has 1 aliphatic rings. The van der Waals surface area contributed by atoms with E-state index in [4.69, 9.17) is 5.11 Å². The van der Waals surface area contributed by atoms with E-state index in [1.165, 1.54) is 0 Å². The molecule has 2 heterocycles. The van der Waals surface area contributed by atoms with Gasteiger partial charge < -0.3 is 10.0 Å². The summed E-state index contributed by atoms with van der Waals surface area (Å²) in [6, 6.07) is 3.73. The number of carbonyl (C=O) groups excluding carboxylic acids is 1. The van der Waals surface area contributed by atoms with Gasteiger partial charge in [0, 0.05) is 36.7 Å². The Kier molecular flexibility index (Phi) is 3.47. The summed E-state index contributed by atoms with van der Waals surface area (Å²) in [5.41, 5.74) is 0.587. The minimum Gasteiger partial charge on any atom is -0.395 e. The predicted molar refractivity (Wildman–Crippen MR) is 72.5 cm³/mol. The second-order valence-corrected chi connectivity index (χ2v) is 4.83. The lowest BCUT2D eigenvalue weighted by atomic mass is 10.2. The van der Waals surface area contributed by atoms with Gasteiger partial charge in [0.15, 0.2) is 0 Å². The van der Waals surface area contributed by atoms with Gasteiger partial charge in [-0.2, -0.15) is 0 Å². The number of amides is 1. The Labute approximate surface area is 116 Å². The summed E-state index contributed by atoms with van der Waals surface area (Å²) in [5, 5.41) is 9.10. The fourth-order valence-corrected chi connectivity index (χ4v) is 2.20. The first-order valence-corrected chi connectivity index (χ1v) is 6.66. The van der Waals surface area contributed by atoms with Crippen LogP contribution < -0.4 is 0 Å². The SMILES string of the molecule is O=C(c1ccnc(-n2ccnc2)c1)N(CCO)C1CC1. The Morgan fingerprint density at radius 3 is 2.95 bits per heavy atom. The zero-order chi connectivity index (χ0) is 13.9. The van der Waals surface area contributed by atoms with Gasteiger partial charge in [0.25, 0.3) is 5.91 Å². The van der Waals surface area contributed by atoms with Crippen LogP contribution in [-0.4, -0.2) is 49.6 Å². The Bertz CT molecular complexity index is 593. The van der Waals surface area contributed by atoms with Gasteiger partial charge in [0.1, 0.15) is 12.1 Å². The number of rotatable bonds is 5. The number of imidazole rings is 1. The monoisotopic (exact) mass is 272 g/mol. The predicted octanol–water partition coefficient (Wildman–Crippen LogP) is 0.864. The Morgan fingerprint density at radius 1 is 1.45 bits per heavy atom. The van der Waals surface area contributed by atoms with Crippen LogP contribution in [0.3, 0.4) is 0 Å². The van der Waals surface area contributed by atoms with Crippen molar-refractivity contribution in [3.63, 3.8) is 0 Å². The van der Waals surface area contributed by atoms with E-state index in [1.807, 2.05) is 0 Å². The zero-order valence-electron chi connectivity index (χ0n) is 11.0. The minimum absolute atomic E-state index is 0.0122. The van der Waals surface area contributed by atoms with Crippen LogP contribution in [0.15, 0.2) is 37.1 Å². The van der Waals surface area contributed by atoms with Gasteiger partial charge in [0.05, 0.1) is 6.61 Å². The molecule has 6 nitrogen and oxygen atoms in total. The first kappa shape index (κ1) is 12.8. The summed E-state index contributed by atoms with van der Waals surface area (Å²) in [5.74, 6) is 0.610. The van der Waals surface area contributed by atoms with E-state index >= 15 is 0 Å². The standard InChI is InChI=1S/C14H16N4O2/c19-8-7-18(12-1-2-12)14(20)11-3-4-16-13(9-11)17-6-5-15-10-17/h3-6,9-10,12,19H,1-2,7-8H2. The van der Waals surface area contributed by atoms with Crippen LogP contribution in [-0.2, 0) is 0 Å². The maximum atomic E-state index is 12.5. The lowest BCUT2D eigenvalue weighted by Gasteiger charge is -2.21. The normalized spacial score (nSPS) is 14.2. The fraction of sp³-hybridized carbons (Fsp3) is 0.357. The molecule has 0 spiro atoms. The van der Waals surface area contributed by atoms with Gasteiger partial charge in [-0.25, -0.2) is 9.97 Å². The molecule has 1 aliphatic carbocycles. The third-order valence-electron chi connectivity index (χ3n) is 3.35. The van der Waals surface area contributed by atoms with Crippen LogP contribution in [0.2, 0.25) is 0 Å². The highest BCUT2D eigenvalue weighted by Crippen LogP contribution is 2.28. The van der Waals surface area contributed by atoms with Crippen molar-refractivity contribution in [3.8, 4) is 5.82 Å². The molecule has 2 aromatic heterocycles. The number of hydrogen-bond acceptors (Lipinski definition) is 4. The van der Waals surface area contributed by atoms with Crippen molar-refractivity contribution in [1.82, 2.24) is 19.4 Å². The summed E-state index contributed by atoms with van der Waals surface area (Å²) in [6.07, 6.45) is 8.74. The van der Waals surface area contributed by atoms with E-state index in [9.17, 15) is 4.79 Å². The topological polar surface area (TPSA) is 71.2 Å². The molecule has 0 bridgehead atoms. The quantitative estimate of drug-likeness (QED) is 0.876. The summed E-state index contributed by atoms with van der Waals surface area (Å²) in [6.45, 7) is 0.369. The number of pyridine rings is 1. The molecular weight excluding hydrogens is 256 g/mol. The lowest BCUT2D eigenvalue weighted by molar-refractivity contribution is 0.0707. The smallest absolute Gasteiger partial charge is 0.254 e. The van der Waals surface area contributed by atoms with Crippen molar-refractivity contribution in [3.05, 3.63) is 42.6 Å². The number of nitrogens with zero attached hydrogens (tertiary/aromatic N) is 4. The molecule has 104 valence electrons. The number of aliphatic hydroxyl groups excluding tert-OH is 1. The minimum atomic E-state index is -0.0506. The molecular formula is C14H16N4O2. The summed E-state index contributed by atoms with van der Waals surface area (Å²) >= 11 is 0. The number of aliphatic hydroxyl groups is 1. The Hall–Kier alpha value is -2.21. The second kappa shape index (κ2) is 5.42. The summed E-state index contributed by atoms with van der Waals surface area (Å²) in [4.78, 5) is 22.4. The Morgan fingerprint density at radius 2 is 2.30 bits per heavy atom. The maximum absolute atomic E-state index is 12.5. The van der Waals surface area contributed by atoms with Crippen molar-refractivity contribution >= 4 is 5.91 Å². The molecule has 0 atom stereocenters. The summed E-state index contributed by atoms with van der Waals surface area (Å²) < 4.78 is 1.75. The van der Waals surface area contributed by atoms with E-state index in [-0.39, 0.29) is 18.6 Å². The van der Waals surface area contributed by atoms with E-state index in [2.05, 4.69) is 9.97 Å². The molecule has 1 amide bonds. The van der Waals surface area contributed by atoms with Crippen molar-refractivity contribution in [2.24, 2.45) is 0 Å². The molecule has 0 saturated heterocycles. The molecule has 0 unspecified atom stereocenters. The van der Waals surface area contributed by atoms with Crippen LogP contribution in [0.25, 0.3) is 5.82 Å². The molecule has 20 heavy (non-hydrogen) atoms. The first-order valence-electron chi connectivity index (χ1n) is 6.66.